The van der Waals surface area contributed by atoms with E-state index >= 15 is 0 Å². The van der Waals surface area contributed by atoms with Gasteiger partial charge in [0.1, 0.15) is 12.3 Å². The zero-order valence-electron chi connectivity index (χ0n) is 20.5. The summed E-state index contributed by atoms with van der Waals surface area (Å²) in [6.45, 7) is 12.1. The van der Waals surface area contributed by atoms with Crippen LogP contribution in [0.4, 0.5) is 8.78 Å². The van der Waals surface area contributed by atoms with E-state index in [0.717, 1.165) is 37.0 Å². The Morgan fingerprint density at radius 3 is 1.70 bits per heavy atom. The fourth-order valence-electron chi connectivity index (χ4n) is 5.86. The molecule has 176 valence electrons. The second kappa shape index (κ2) is 14.4. The topological polar surface area (TPSA) is 9.23 Å². The van der Waals surface area contributed by atoms with Crippen molar-refractivity contribution < 1.29 is 13.5 Å². The summed E-state index contributed by atoms with van der Waals surface area (Å²) in [4.78, 5) is 0. The highest BCUT2D eigenvalue weighted by atomic mass is 19.2. The Bertz CT molecular complexity index is 472. The molecule has 0 bridgehead atoms. The van der Waals surface area contributed by atoms with Crippen LogP contribution in [0, 0.1) is 41.9 Å². The van der Waals surface area contributed by atoms with E-state index in [1.54, 1.807) is 6.92 Å². The van der Waals surface area contributed by atoms with Gasteiger partial charge in [-0.2, -0.15) is 0 Å². The number of halogens is 2. The van der Waals surface area contributed by atoms with Gasteiger partial charge in [-0.1, -0.05) is 53.4 Å². The van der Waals surface area contributed by atoms with Crippen molar-refractivity contribution in [1.82, 2.24) is 0 Å². The van der Waals surface area contributed by atoms with Gasteiger partial charge in [0.15, 0.2) is 6.17 Å². The third kappa shape index (κ3) is 7.51. The average Bonchev–Trinajstić information content (AvgIpc) is 2.80. The van der Waals surface area contributed by atoms with Gasteiger partial charge in [-0.3, -0.25) is 0 Å². The smallest absolute Gasteiger partial charge is 0.157 e. The summed E-state index contributed by atoms with van der Waals surface area (Å²) in [7, 11) is 0. The standard InChI is InChI=1S/C23H36F2O.2C2H6/c1-4-16(3)26-21-14-13-20(22(24)23(21)25)19-11-9-18(10-12-19)17-7-5-15(2)6-8-17;2*1-2/h1,15-23H,5-14H2,2-3H3;2*1-2H3. The molecular weight excluding hydrogens is 378 g/mol. The molecular formula is C27H48F2O. The highest BCUT2D eigenvalue weighted by molar-refractivity contribution is 4.97. The largest absolute Gasteiger partial charge is 0.359 e. The molecule has 0 heterocycles. The lowest BCUT2D eigenvalue weighted by Crippen LogP contribution is -2.46. The third-order valence-electron chi connectivity index (χ3n) is 7.62. The molecule has 0 saturated heterocycles. The lowest BCUT2D eigenvalue weighted by atomic mass is 9.65. The van der Waals surface area contributed by atoms with Crippen LogP contribution in [0.15, 0.2) is 0 Å². The van der Waals surface area contributed by atoms with Gasteiger partial charge >= 0.3 is 0 Å². The molecule has 3 heteroatoms. The Hall–Kier alpha value is -0.620. The van der Waals surface area contributed by atoms with Crippen molar-refractivity contribution >= 4 is 0 Å². The van der Waals surface area contributed by atoms with Crippen LogP contribution in [-0.2, 0) is 4.74 Å². The fraction of sp³-hybridized carbons (Fsp3) is 0.926. The first-order valence-electron chi connectivity index (χ1n) is 12.9. The van der Waals surface area contributed by atoms with Crippen LogP contribution < -0.4 is 0 Å². The summed E-state index contributed by atoms with van der Waals surface area (Å²) < 4.78 is 34.9. The molecule has 0 spiro atoms. The first-order valence-corrected chi connectivity index (χ1v) is 12.9. The molecule has 5 unspecified atom stereocenters. The quantitative estimate of drug-likeness (QED) is 0.412. The van der Waals surface area contributed by atoms with E-state index in [4.69, 9.17) is 11.2 Å². The molecule has 0 aromatic carbocycles. The van der Waals surface area contributed by atoms with E-state index in [1.165, 1.54) is 38.5 Å². The van der Waals surface area contributed by atoms with Gasteiger partial charge < -0.3 is 4.74 Å². The molecule has 3 saturated carbocycles. The van der Waals surface area contributed by atoms with Gasteiger partial charge in [-0.25, -0.2) is 8.78 Å². The van der Waals surface area contributed by atoms with E-state index in [9.17, 15) is 8.78 Å². The molecule has 3 aliphatic rings. The molecule has 0 aromatic heterocycles. The summed E-state index contributed by atoms with van der Waals surface area (Å²) in [5.41, 5.74) is 0. The van der Waals surface area contributed by atoms with Gasteiger partial charge in [0.2, 0.25) is 0 Å². The second-order valence-corrected chi connectivity index (χ2v) is 9.31. The first-order chi connectivity index (χ1) is 14.5. The van der Waals surface area contributed by atoms with Crippen molar-refractivity contribution in [2.24, 2.45) is 29.6 Å². The van der Waals surface area contributed by atoms with Crippen LogP contribution in [0.25, 0.3) is 0 Å². The van der Waals surface area contributed by atoms with E-state index in [2.05, 4.69) is 12.8 Å². The predicted molar refractivity (Wildman–Crippen MR) is 125 cm³/mol. The minimum absolute atomic E-state index is 0.127. The van der Waals surface area contributed by atoms with Crippen LogP contribution in [0.5, 0.6) is 0 Å². The Labute approximate surface area is 186 Å². The van der Waals surface area contributed by atoms with Crippen molar-refractivity contribution in [2.75, 3.05) is 0 Å². The Morgan fingerprint density at radius 1 is 0.733 bits per heavy atom. The normalized spacial score (nSPS) is 40.0. The molecule has 3 fully saturated rings. The van der Waals surface area contributed by atoms with Crippen molar-refractivity contribution in [3.8, 4) is 12.3 Å². The summed E-state index contributed by atoms with van der Waals surface area (Å²) in [6.07, 6.45) is 12.7. The highest BCUT2D eigenvalue weighted by Crippen LogP contribution is 2.46. The number of hydrogen-bond acceptors (Lipinski definition) is 1. The zero-order valence-corrected chi connectivity index (χ0v) is 20.5. The van der Waals surface area contributed by atoms with E-state index < -0.39 is 24.6 Å². The minimum atomic E-state index is -1.53. The third-order valence-corrected chi connectivity index (χ3v) is 7.62. The van der Waals surface area contributed by atoms with Gasteiger partial charge in [0, 0.05) is 0 Å². The number of rotatable bonds is 4. The second-order valence-electron chi connectivity index (χ2n) is 9.31. The van der Waals surface area contributed by atoms with Gasteiger partial charge in [-0.05, 0) is 87.9 Å². The lowest BCUT2D eigenvalue weighted by molar-refractivity contribution is -0.0981. The van der Waals surface area contributed by atoms with E-state index in [0.29, 0.717) is 12.3 Å². The van der Waals surface area contributed by atoms with Gasteiger partial charge in [-0.15, -0.1) is 6.42 Å². The molecule has 5 atom stereocenters. The lowest BCUT2D eigenvalue weighted by Gasteiger charge is -2.43. The maximum Gasteiger partial charge on any atom is 0.157 e. The monoisotopic (exact) mass is 426 g/mol. The predicted octanol–water partition coefficient (Wildman–Crippen LogP) is 8.16. The van der Waals surface area contributed by atoms with Crippen molar-refractivity contribution in [3.63, 3.8) is 0 Å². The molecule has 0 amide bonds. The molecule has 3 rings (SSSR count). The summed E-state index contributed by atoms with van der Waals surface area (Å²) in [5, 5.41) is 0. The molecule has 0 N–H and O–H groups in total. The fourth-order valence-corrected chi connectivity index (χ4v) is 5.86. The SMILES string of the molecule is C#CC(C)OC1CCC(C2CCC(C3CCC(C)CC3)CC2)C(F)C1F.CC.CC. The average molecular weight is 427 g/mol. The minimum Gasteiger partial charge on any atom is -0.359 e. The number of hydrogen-bond donors (Lipinski definition) is 0. The number of alkyl halides is 2. The molecule has 0 radical (unpaired) electrons. The van der Waals surface area contributed by atoms with Crippen molar-refractivity contribution in [1.29, 1.82) is 0 Å². The zero-order chi connectivity index (χ0) is 22.7. The molecule has 30 heavy (non-hydrogen) atoms. The van der Waals surface area contributed by atoms with Crippen LogP contribution in [0.2, 0.25) is 0 Å². The maximum absolute atomic E-state index is 14.8. The van der Waals surface area contributed by atoms with Crippen molar-refractivity contribution in [3.05, 3.63) is 0 Å². The van der Waals surface area contributed by atoms with E-state index in [-0.39, 0.29) is 5.92 Å². The summed E-state index contributed by atoms with van der Waals surface area (Å²) in [5.74, 6) is 5.29. The number of ether oxygens (including phenoxy) is 1. The number of terminal acetylenes is 1. The summed E-state index contributed by atoms with van der Waals surface area (Å²) >= 11 is 0. The van der Waals surface area contributed by atoms with Crippen molar-refractivity contribution in [2.45, 2.75) is 130 Å². The summed E-state index contributed by atoms with van der Waals surface area (Å²) in [6, 6.07) is 0. The molecule has 3 aliphatic carbocycles. The molecule has 0 aliphatic heterocycles. The van der Waals surface area contributed by atoms with Crippen LogP contribution >= 0.6 is 0 Å². The van der Waals surface area contributed by atoms with Gasteiger partial charge in [0.05, 0.1) is 6.10 Å². The molecule has 1 nitrogen and oxygen atoms in total. The Kier molecular flexibility index (Phi) is 13.2. The molecule has 0 aromatic rings. The van der Waals surface area contributed by atoms with Crippen LogP contribution in [-0.4, -0.2) is 24.6 Å². The Balaban J connectivity index is 0.00000106. The first kappa shape index (κ1) is 27.4. The highest BCUT2D eigenvalue weighted by Gasteiger charge is 2.45. The van der Waals surface area contributed by atoms with E-state index in [1.807, 2.05) is 27.7 Å². The Morgan fingerprint density at radius 2 is 1.20 bits per heavy atom. The van der Waals surface area contributed by atoms with Crippen LogP contribution in [0.3, 0.4) is 0 Å². The van der Waals surface area contributed by atoms with Gasteiger partial charge in [0.25, 0.3) is 0 Å². The van der Waals surface area contributed by atoms with Crippen LogP contribution in [0.1, 0.15) is 106 Å². The maximum atomic E-state index is 14.8.